The van der Waals surface area contributed by atoms with Crippen LogP contribution in [-0.4, -0.2) is 15.9 Å². The third-order valence-corrected chi connectivity index (χ3v) is 11.3. The minimum absolute atomic E-state index is 0. The molecule has 52 heavy (non-hydrogen) atoms. The number of aliphatic hydroxyl groups excluding tert-OH is 1. The Morgan fingerprint density at radius 2 is 1.42 bits per heavy atom. The van der Waals surface area contributed by atoms with Crippen molar-refractivity contribution < 1.29 is 30.0 Å². The van der Waals surface area contributed by atoms with E-state index in [2.05, 4.69) is 114 Å². The van der Waals surface area contributed by atoms with Gasteiger partial charge in [-0.05, 0) is 70.7 Å². The van der Waals surface area contributed by atoms with Gasteiger partial charge in [0, 0.05) is 64.7 Å². The third-order valence-electron chi connectivity index (χ3n) is 10.1. The van der Waals surface area contributed by atoms with E-state index < -0.39 is 0 Å². The Balaban J connectivity index is 0.000000323. The molecule has 0 aliphatic heterocycles. The van der Waals surface area contributed by atoms with Crippen molar-refractivity contribution in [3.8, 4) is 11.3 Å². The Morgan fingerprint density at radius 3 is 2.06 bits per heavy atom. The molecule has 4 aromatic carbocycles. The van der Waals surface area contributed by atoms with Gasteiger partial charge in [-0.25, -0.2) is 0 Å². The predicted molar refractivity (Wildman–Crippen MR) is 222 cm³/mol. The van der Waals surface area contributed by atoms with Crippen molar-refractivity contribution in [2.24, 2.45) is 17.3 Å². The Kier molecular flexibility index (Phi) is 13.7. The fourth-order valence-electron chi connectivity index (χ4n) is 7.21. The van der Waals surface area contributed by atoms with Gasteiger partial charge >= 0.3 is 0 Å². The standard InChI is InChI=1S/C34H32NS.C13H24O2.Ir/c1-33(2,3)20-21-11-13-26-23(17-21)12-14-27-28-15-16-35-30(32(28)36-31(26)27)24-18-22-9-7-8-10-25(22)29(19-24)34(4,5)6;1-5-10(6-2)12(14)9-13(15)11(7-3)8-4;/h7-17,19H,20H2,1-6H3;9-11,14H,5-8H2,1-4H3;/q-1;;/b;12-9-;. The van der Waals surface area contributed by atoms with Gasteiger partial charge in [0.2, 0.25) is 0 Å². The van der Waals surface area contributed by atoms with Gasteiger partial charge in [-0.3, -0.25) is 9.78 Å². The molecule has 5 heteroatoms. The first-order chi connectivity index (χ1) is 24.2. The topological polar surface area (TPSA) is 50.2 Å². The monoisotopic (exact) mass is 891 g/mol. The molecule has 0 aliphatic rings. The second-order valence-corrected chi connectivity index (χ2v) is 17.3. The summed E-state index contributed by atoms with van der Waals surface area (Å²) in [5, 5.41) is 17.4. The van der Waals surface area contributed by atoms with Gasteiger partial charge in [0.1, 0.15) is 0 Å². The first-order valence-corrected chi connectivity index (χ1v) is 19.6. The van der Waals surface area contributed by atoms with Gasteiger partial charge in [-0.1, -0.05) is 129 Å². The first-order valence-electron chi connectivity index (χ1n) is 18.8. The molecule has 1 N–H and O–H groups in total. The fourth-order valence-corrected chi connectivity index (χ4v) is 8.55. The number of hydrogen-bond donors (Lipinski definition) is 1. The zero-order valence-corrected chi connectivity index (χ0v) is 36.0. The van der Waals surface area contributed by atoms with E-state index in [1.54, 1.807) is 0 Å². The van der Waals surface area contributed by atoms with Gasteiger partial charge in [-0.15, -0.1) is 40.5 Å². The van der Waals surface area contributed by atoms with Gasteiger partial charge < -0.3 is 5.11 Å². The summed E-state index contributed by atoms with van der Waals surface area (Å²) in [5.74, 6) is 0.547. The van der Waals surface area contributed by atoms with E-state index in [4.69, 9.17) is 4.98 Å². The molecule has 0 aliphatic carbocycles. The first kappa shape index (κ1) is 41.4. The van der Waals surface area contributed by atoms with Crippen LogP contribution in [0.4, 0.5) is 0 Å². The number of benzene rings is 4. The van der Waals surface area contributed by atoms with Crippen molar-refractivity contribution in [1.29, 1.82) is 0 Å². The van der Waals surface area contributed by atoms with Crippen LogP contribution in [-0.2, 0) is 36.7 Å². The van der Waals surface area contributed by atoms with Gasteiger partial charge in [0.25, 0.3) is 0 Å². The van der Waals surface area contributed by atoms with E-state index in [0.717, 1.165) is 48.7 Å². The number of aromatic nitrogens is 1. The molecule has 0 saturated heterocycles. The minimum Gasteiger partial charge on any atom is -0.512 e. The number of ketones is 1. The number of thiophene rings is 1. The Labute approximate surface area is 329 Å². The molecule has 0 atom stereocenters. The maximum Gasteiger partial charge on any atom is 0.162 e. The smallest absolute Gasteiger partial charge is 0.162 e. The molecule has 2 heterocycles. The Morgan fingerprint density at radius 1 is 0.788 bits per heavy atom. The van der Waals surface area contributed by atoms with Crippen LogP contribution in [0.3, 0.4) is 0 Å². The molecular formula is C47H56IrNO2S-. The summed E-state index contributed by atoms with van der Waals surface area (Å²) in [6.07, 6.45) is 7.94. The number of rotatable bonds is 9. The van der Waals surface area contributed by atoms with E-state index >= 15 is 0 Å². The molecule has 6 aromatic rings. The summed E-state index contributed by atoms with van der Waals surface area (Å²) >= 11 is 1.87. The van der Waals surface area contributed by atoms with Crippen LogP contribution < -0.4 is 0 Å². The molecule has 2 aromatic heterocycles. The van der Waals surface area contributed by atoms with Crippen LogP contribution in [0.15, 0.2) is 84.8 Å². The summed E-state index contributed by atoms with van der Waals surface area (Å²) < 4.78 is 2.58. The quantitative estimate of drug-likeness (QED) is 0.0894. The fraction of sp³-hybridized carbons (Fsp3) is 0.404. The molecule has 277 valence electrons. The number of nitrogens with zero attached hydrogens (tertiary/aromatic N) is 1. The summed E-state index contributed by atoms with van der Waals surface area (Å²) in [7, 11) is 0. The Hall–Kier alpha value is -3.37. The minimum atomic E-state index is 0. The number of hydrogen-bond acceptors (Lipinski definition) is 4. The van der Waals surface area contributed by atoms with Crippen molar-refractivity contribution in [1.82, 2.24) is 4.98 Å². The SMILES string of the molecule is CC(C)(C)Cc1ccc2c(ccc3c4ccnc(-c5[c-]c6ccccc6c(C(C)(C)C)c5)c4sc23)c1.CCC(CC)C(=O)/C=C(\O)C(CC)CC.[Ir]. The number of allylic oxidation sites excluding steroid dienone is 2. The number of pyridine rings is 1. The van der Waals surface area contributed by atoms with E-state index in [1.165, 1.54) is 53.5 Å². The maximum absolute atomic E-state index is 11.7. The van der Waals surface area contributed by atoms with E-state index in [0.29, 0.717) is 0 Å². The molecule has 0 amide bonds. The summed E-state index contributed by atoms with van der Waals surface area (Å²) in [4.78, 5) is 16.6. The summed E-state index contributed by atoms with van der Waals surface area (Å²) in [5.41, 5.74) is 5.15. The van der Waals surface area contributed by atoms with Crippen molar-refractivity contribution in [3.63, 3.8) is 0 Å². The zero-order valence-electron chi connectivity index (χ0n) is 32.7. The largest absolute Gasteiger partial charge is 0.512 e. The van der Waals surface area contributed by atoms with Crippen molar-refractivity contribution in [2.45, 2.75) is 107 Å². The molecule has 0 fully saturated rings. The molecule has 6 rings (SSSR count). The van der Waals surface area contributed by atoms with Crippen LogP contribution in [0, 0.1) is 23.3 Å². The van der Waals surface area contributed by atoms with Crippen molar-refractivity contribution in [3.05, 3.63) is 102 Å². The van der Waals surface area contributed by atoms with E-state index in [1.807, 2.05) is 45.2 Å². The van der Waals surface area contributed by atoms with Crippen LogP contribution in [0.1, 0.15) is 106 Å². The summed E-state index contributed by atoms with van der Waals surface area (Å²) in [6, 6.07) is 28.4. The molecule has 0 spiro atoms. The molecule has 0 saturated carbocycles. The average Bonchev–Trinajstić information content (AvgIpc) is 3.47. The number of aliphatic hydroxyl groups is 1. The van der Waals surface area contributed by atoms with Gasteiger partial charge in [-0.2, -0.15) is 0 Å². The number of carbonyl (C=O) groups excluding carboxylic acids is 1. The van der Waals surface area contributed by atoms with Crippen LogP contribution >= 0.6 is 11.3 Å². The molecular weight excluding hydrogens is 835 g/mol. The molecule has 3 nitrogen and oxygen atoms in total. The average molecular weight is 891 g/mol. The van der Waals surface area contributed by atoms with Gasteiger partial charge in [0.05, 0.1) is 5.76 Å². The second kappa shape index (κ2) is 17.2. The number of carbonyl (C=O) groups is 1. The van der Waals surface area contributed by atoms with Crippen LogP contribution in [0.2, 0.25) is 0 Å². The summed E-state index contributed by atoms with van der Waals surface area (Å²) in [6.45, 7) is 21.8. The normalized spacial score (nSPS) is 12.5. The Bertz CT molecular complexity index is 2190. The maximum atomic E-state index is 11.7. The van der Waals surface area contributed by atoms with Gasteiger partial charge in [0.15, 0.2) is 5.78 Å². The molecule has 0 bridgehead atoms. The van der Waals surface area contributed by atoms with Crippen LogP contribution in [0.25, 0.3) is 53.0 Å². The van der Waals surface area contributed by atoms with E-state index in [-0.39, 0.29) is 54.3 Å². The van der Waals surface area contributed by atoms with Crippen molar-refractivity contribution >= 4 is 58.8 Å². The molecule has 0 unspecified atom stereocenters. The predicted octanol–water partition coefficient (Wildman–Crippen LogP) is 14.0. The number of fused-ring (bicyclic) bond motifs is 6. The second-order valence-electron chi connectivity index (χ2n) is 16.3. The third kappa shape index (κ3) is 9.22. The van der Waals surface area contributed by atoms with Crippen LogP contribution in [0.5, 0.6) is 0 Å². The van der Waals surface area contributed by atoms with E-state index in [9.17, 15) is 9.90 Å². The molecule has 1 radical (unpaired) electrons. The van der Waals surface area contributed by atoms with Crippen molar-refractivity contribution in [2.75, 3.05) is 0 Å². The zero-order chi connectivity index (χ0) is 37.1.